The van der Waals surface area contributed by atoms with E-state index in [4.69, 9.17) is 32.7 Å². The molecule has 2 aliphatic heterocycles. The molecule has 24 heavy (non-hydrogen) atoms. The molecule has 1 aromatic rings. The molecule has 2 aliphatic rings. The third-order valence-electron chi connectivity index (χ3n) is 4.57. The van der Waals surface area contributed by atoms with E-state index in [9.17, 15) is 9.59 Å². The van der Waals surface area contributed by atoms with Gasteiger partial charge in [-0.2, -0.15) is 0 Å². The zero-order valence-corrected chi connectivity index (χ0v) is 15.0. The lowest BCUT2D eigenvalue weighted by atomic mass is 9.75. The summed E-state index contributed by atoms with van der Waals surface area (Å²) in [7, 11) is 0. The van der Waals surface area contributed by atoms with Gasteiger partial charge in [0.1, 0.15) is 5.60 Å². The second-order valence-electron chi connectivity index (χ2n) is 6.95. The lowest BCUT2D eigenvalue weighted by molar-refractivity contribution is -0.178. The molecule has 0 aromatic heterocycles. The van der Waals surface area contributed by atoms with Crippen LogP contribution in [0.5, 0.6) is 0 Å². The van der Waals surface area contributed by atoms with Gasteiger partial charge < -0.3 is 14.8 Å². The van der Waals surface area contributed by atoms with Crippen molar-refractivity contribution in [1.82, 2.24) is 0 Å². The van der Waals surface area contributed by atoms with E-state index in [0.29, 0.717) is 35.2 Å². The van der Waals surface area contributed by atoms with Crippen LogP contribution in [0.3, 0.4) is 0 Å². The minimum absolute atomic E-state index is 0.0727. The number of anilines is 1. The van der Waals surface area contributed by atoms with E-state index < -0.39 is 17.1 Å². The monoisotopic (exact) mass is 371 g/mol. The van der Waals surface area contributed by atoms with Crippen molar-refractivity contribution in [1.29, 1.82) is 0 Å². The minimum atomic E-state index is -0.806. The van der Waals surface area contributed by atoms with Gasteiger partial charge in [0.15, 0.2) is 0 Å². The first-order valence-electron chi connectivity index (χ1n) is 7.83. The number of hydrogen-bond donors (Lipinski definition) is 1. The van der Waals surface area contributed by atoms with E-state index in [1.165, 1.54) is 0 Å². The van der Waals surface area contributed by atoms with Crippen LogP contribution < -0.4 is 5.32 Å². The number of carbonyl (C=O) groups excluding carboxylic acids is 2. The molecule has 7 heteroatoms. The Kier molecular flexibility index (Phi) is 4.53. The predicted molar refractivity (Wildman–Crippen MR) is 91.3 cm³/mol. The first-order valence-corrected chi connectivity index (χ1v) is 8.58. The molecular weight excluding hydrogens is 353 g/mol. The van der Waals surface area contributed by atoms with Crippen LogP contribution in [-0.2, 0) is 19.1 Å². The van der Waals surface area contributed by atoms with Gasteiger partial charge in [-0.05, 0) is 32.0 Å². The van der Waals surface area contributed by atoms with E-state index in [1.54, 1.807) is 18.2 Å². The zero-order valence-electron chi connectivity index (χ0n) is 13.5. The first kappa shape index (κ1) is 17.5. The van der Waals surface area contributed by atoms with Crippen molar-refractivity contribution in [3.63, 3.8) is 0 Å². The molecule has 0 unspecified atom stereocenters. The van der Waals surface area contributed by atoms with Crippen molar-refractivity contribution in [2.75, 3.05) is 11.9 Å². The van der Waals surface area contributed by atoms with Gasteiger partial charge in [-0.15, -0.1) is 0 Å². The molecule has 2 saturated heterocycles. The molecule has 1 amide bonds. The highest BCUT2D eigenvalue weighted by Crippen LogP contribution is 2.46. The fourth-order valence-corrected chi connectivity index (χ4v) is 3.87. The summed E-state index contributed by atoms with van der Waals surface area (Å²) in [6.07, 6.45) is 1.08. The van der Waals surface area contributed by atoms with E-state index in [0.717, 1.165) is 0 Å². The molecule has 2 fully saturated rings. The largest absolute Gasteiger partial charge is 0.458 e. The quantitative estimate of drug-likeness (QED) is 0.802. The van der Waals surface area contributed by atoms with E-state index in [-0.39, 0.29) is 18.3 Å². The Bertz CT molecular complexity index is 691. The van der Waals surface area contributed by atoms with E-state index >= 15 is 0 Å². The van der Waals surface area contributed by atoms with Crippen molar-refractivity contribution in [2.24, 2.45) is 5.92 Å². The molecule has 2 atom stereocenters. The fourth-order valence-electron chi connectivity index (χ4n) is 3.57. The summed E-state index contributed by atoms with van der Waals surface area (Å²) in [6.45, 7) is 4.33. The van der Waals surface area contributed by atoms with Crippen molar-refractivity contribution < 1.29 is 19.1 Å². The smallest absolute Gasteiger partial charge is 0.307 e. The number of halogens is 2. The highest BCUT2D eigenvalue weighted by atomic mass is 35.5. The molecule has 0 bridgehead atoms. The van der Waals surface area contributed by atoms with Crippen LogP contribution in [0.15, 0.2) is 18.2 Å². The molecule has 1 N–H and O–H groups in total. The number of esters is 1. The summed E-state index contributed by atoms with van der Waals surface area (Å²) in [5, 5.41) is 3.59. The third-order valence-corrected chi connectivity index (χ3v) is 5.31. The minimum Gasteiger partial charge on any atom is -0.458 e. The number of amides is 1. The molecule has 3 rings (SSSR count). The van der Waals surface area contributed by atoms with Gasteiger partial charge in [0, 0.05) is 18.5 Å². The van der Waals surface area contributed by atoms with Crippen molar-refractivity contribution >= 4 is 40.8 Å². The molecule has 2 heterocycles. The Balaban J connectivity index is 1.82. The van der Waals surface area contributed by atoms with Crippen molar-refractivity contribution in [3.05, 3.63) is 28.2 Å². The van der Waals surface area contributed by atoms with Crippen LogP contribution in [0.25, 0.3) is 0 Å². The number of carbonyl (C=O) groups is 2. The van der Waals surface area contributed by atoms with Crippen LogP contribution >= 0.6 is 23.2 Å². The molecule has 130 valence electrons. The van der Waals surface area contributed by atoms with Gasteiger partial charge in [0.05, 0.1) is 34.6 Å². The number of ether oxygens (including phenoxy) is 2. The fraction of sp³-hybridized carbons (Fsp3) is 0.529. The Hall–Kier alpha value is -1.30. The van der Waals surface area contributed by atoms with Crippen LogP contribution in [0.1, 0.15) is 33.1 Å². The molecule has 5 nitrogen and oxygen atoms in total. The Labute approximate surface area is 150 Å². The maximum Gasteiger partial charge on any atom is 0.307 e. The molecule has 1 spiro atoms. The summed E-state index contributed by atoms with van der Waals surface area (Å²) in [5.41, 5.74) is -0.709. The molecule has 0 radical (unpaired) electrons. The van der Waals surface area contributed by atoms with E-state index in [1.807, 2.05) is 13.8 Å². The molecule has 0 aliphatic carbocycles. The van der Waals surface area contributed by atoms with E-state index in [2.05, 4.69) is 5.32 Å². The topological polar surface area (TPSA) is 64.6 Å². The maximum atomic E-state index is 12.8. The number of nitrogens with one attached hydrogen (secondary N) is 1. The van der Waals surface area contributed by atoms with Gasteiger partial charge in [0.25, 0.3) is 0 Å². The molecule has 1 aromatic carbocycles. The Morgan fingerprint density at radius 3 is 2.71 bits per heavy atom. The zero-order chi connectivity index (χ0) is 17.5. The normalized spacial score (nSPS) is 28.7. The lowest BCUT2D eigenvalue weighted by Crippen LogP contribution is -2.52. The SMILES string of the molecule is CC1(C)C[C@]2(CCO1)OC(=O)C[C@@H]2C(=O)Nc1ccc(Cl)c(Cl)c1. The number of hydrogen-bond acceptors (Lipinski definition) is 4. The summed E-state index contributed by atoms with van der Waals surface area (Å²) < 4.78 is 11.3. The lowest BCUT2D eigenvalue weighted by Gasteiger charge is -2.43. The average Bonchev–Trinajstić information content (AvgIpc) is 2.77. The maximum absolute atomic E-state index is 12.8. The Morgan fingerprint density at radius 2 is 2.04 bits per heavy atom. The molecular formula is C17H19Cl2NO4. The van der Waals surface area contributed by atoms with Crippen LogP contribution in [0.4, 0.5) is 5.69 Å². The molecule has 0 saturated carbocycles. The second kappa shape index (κ2) is 6.21. The highest BCUT2D eigenvalue weighted by molar-refractivity contribution is 6.42. The summed E-state index contributed by atoms with van der Waals surface area (Å²) in [4.78, 5) is 24.7. The van der Waals surface area contributed by atoms with Gasteiger partial charge in [-0.3, -0.25) is 9.59 Å². The predicted octanol–water partition coefficient (Wildman–Crippen LogP) is 3.82. The van der Waals surface area contributed by atoms with Gasteiger partial charge >= 0.3 is 5.97 Å². The second-order valence-corrected chi connectivity index (χ2v) is 7.76. The highest BCUT2D eigenvalue weighted by Gasteiger charge is 2.56. The number of rotatable bonds is 2. The summed E-state index contributed by atoms with van der Waals surface area (Å²) in [6, 6.07) is 4.87. The van der Waals surface area contributed by atoms with Crippen LogP contribution in [0.2, 0.25) is 10.0 Å². The van der Waals surface area contributed by atoms with Crippen molar-refractivity contribution in [3.8, 4) is 0 Å². The average molecular weight is 372 g/mol. The van der Waals surface area contributed by atoms with Crippen LogP contribution in [0, 0.1) is 5.92 Å². The van der Waals surface area contributed by atoms with Gasteiger partial charge in [0.2, 0.25) is 5.91 Å². The number of benzene rings is 1. The van der Waals surface area contributed by atoms with Gasteiger partial charge in [-0.1, -0.05) is 23.2 Å². The Morgan fingerprint density at radius 1 is 1.29 bits per heavy atom. The standard InChI is InChI=1S/C17H19Cl2NO4/c1-16(2)9-17(5-6-23-16)11(8-14(21)24-17)15(22)20-10-3-4-12(18)13(19)7-10/h3-4,7,11H,5-6,8-9H2,1-2H3,(H,20,22)/t11-,17+/m1/s1. The van der Waals surface area contributed by atoms with Gasteiger partial charge in [-0.25, -0.2) is 0 Å². The van der Waals surface area contributed by atoms with Crippen LogP contribution in [-0.4, -0.2) is 29.7 Å². The summed E-state index contributed by atoms with van der Waals surface area (Å²) in [5.74, 6) is -1.15. The van der Waals surface area contributed by atoms with Crippen molar-refractivity contribution in [2.45, 2.75) is 44.3 Å². The first-order chi connectivity index (χ1) is 11.2. The third kappa shape index (κ3) is 3.39. The summed E-state index contributed by atoms with van der Waals surface area (Å²) >= 11 is 11.9.